The molecule has 1 aliphatic rings. The summed E-state index contributed by atoms with van der Waals surface area (Å²) < 4.78 is 2.21. The van der Waals surface area contributed by atoms with Gasteiger partial charge in [-0.05, 0) is 24.7 Å². The van der Waals surface area contributed by atoms with Gasteiger partial charge >= 0.3 is 0 Å². The number of hydrogen-bond donors (Lipinski definition) is 1. The van der Waals surface area contributed by atoms with Gasteiger partial charge in [0.25, 0.3) is 0 Å². The molecule has 3 heteroatoms. The van der Waals surface area contributed by atoms with Gasteiger partial charge in [0.1, 0.15) is 0 Å². The Hall–Kier alpha value is -0.830. The number of nitrogens with zero attached hydrogens (tertiary/aromatic N) is 2. The van der Waals surface area contributed by atoms with E-state index < -0.39 is 0 Å². The fourth-order valence-corrected chi connectivity index (χ4v) is 2.43. The third-order valence-electron chi connectivity index (χ3n) is 3.47. The molecule has 2 unspecified atom stereocenters. The number of hydrogen-bond acceptors (Lipinski definition) is 2. The van der Waals surface area contributed by atoms with Crippen molar-refractivity contribution in [2.24, 2.45) is 11.1 Å². The van der Waals surface area contributed by atoms with Crippen LogP contribution in [0.15, 0.2) is 18.7 Å². The van der Waals surface area contributed by atoms with Crippen molar-refractivity contribution in [2.45, 2.75) is 45.2 Å². The van der Waals surface area contributed by atoms with E-state index in [9.17, 15) is 0 Å². The molecule has 1 fully saturated rings. The van der Waals surface area contributed by atoms with Crippen molar-refractivity contribution < 1.29 is 0 Å². The van der Waals surface area contributed by atoms with Crippen molar-refractivity contribution in [1.82, 2.24) is 9.55 Å². The van der Waals surface area contributed by atoms with Crippen molar-refractivity contribution in [3.05, 3.63) is 18.7 Å². The zero-order valence-corrected chi connectivity index (χ0v) is 8.98. The first-order chi connectivity index (χ1) is 6.59. The normalized spacial score (nSPS) is 31.6. The first-order valence-electron chi connectivity index (χ1n) is 5.32. The largest absolute Gasteiger partial charge is 0.334 e. The minimum absolute atomic E-state index is 0.344. The van der Waals surface area contributed by atoms with Crippen LogP contribution >= 0.6 is 0 Å². The number of rotatable bonds is 1. The zero-order valence-electron chi connectivity index (χ0n) is 8.98. The average molecular weight is 193 g/mol. The molecular weight excluding hydrogens is 174 g/mol. The summed E-state index contributed by atoms with van der Waals surface area (Å²) in [6.45, 7) is 4.65. The fourth-order valence-electron chi connectivity index (χ4n) is 2.43. The highest BCUT2D eigenvalue weighted by atomic mass is 15.1. The fraction of sp³-hybridized carbons (Fsp3) is 0.727. The van der Waals surface area contributed by atoms with Gasteiger partial charge < -0.3 is 10.3 Å². The molecule has 0 spiro atoms. The Morgan fingerprint density at radius 2 is 2.29 bits per heavy atom. The second kappa shape index (κ2) is 3.39. The molecule has 0 radical (unpaired) electrons. The summed E-state index contributed by atoms with van der Waals surface area (Å²) in [5, 5.41) is 0. The zero-order chi connectivity index (χ0) is 10.2. The molecule has 1 saturated carbocycles. The third-order valence-corrected chi connectivity index (χ3v) is 3.47. The quantitative estimate of drug-likeness (QED) is 0.741. The van der Waals surface area contributed by atoms with E-state index in [0.717, 1.165) is 12.8 Å². The van der Waals surface area contributed by atoms with Gasteiger partial charge in [0.2, 0.25) is 0 Å². The van der Waals surface area contributed by atoms with Gasteiger partial charge in [-0.3, -0.25) is 0 Å². The van der Waals surface area contributed by atoms with Crippen LogP contribution in [0, 0.1) is 5.41 Å². The first kappa shape index (κ1) is 9.71. The number of imidazole rings is 1. The Labute approximate surface area is 85.3 Å². The Morgan fingerprint density at radius 3 is 2.93 bits per heavy atom. The SMILES string of the molecule is CC1(C)CCC(N)CC1n1ccnc1. The maximum Gasteiger partial charge on any atom is 0.0948 e. The number of nitrogens with two attached hydrogens (primary N) is 1. The summed E-state index contributed by atoms with van der Waals surface area (Å²) in [5.41, 5.74) is 6.36. The standard InChI is InChI=1S/C11H19N3/c1-11(2)4-3-9(12)7-10(11)14-6-5-13-8-14/h5-6,8-10H,3-4,7,12H2,1-2H3. The van der Waals surface area contributed by atoms with Gasteiger partial charge in [0, 0.05) is 24.5 Å². The van der Waals surface area contributed by atoms with Crippen LogP contribution in [-0.4, -0.2) is 15.6 Å². The van der Waals surface area contributed by atoms with Crippen LogP contribution in [0.1, 0.15) is 39.2 Å². The predicted molar refractivity (Wildman–Crippen MR) is 56.9 cm³/mol. The van der Waals surface area contributed by atoms with Crippen molar-refractivity contribution in [2.75, 3.05) is 0 Å². The molecule has 0 aliphatic heterocycles. The lowest BCUT2D eigenvalue weighted by atomic mass is 9.71. The van der Waals surface area contributed by atoms with Crippen LogP contribution in [0.5, 0.6) is 0 Å². The van der Waals surface area contributed by atoms with Crippen LogP contribution in [0.3, 0.4) is 0 Å². The van der Waals surface area contributed by atoms with E-state index in [1.807, 2.05) is 18.7 Å². The predicted octanol–water partition coefficient (Wildman–Crippen LogP) is 1.96. The second-order valence-electron chi connectivity index (χ2n) is 5.05. The van der Waals surface area contributed by atoms with Gasteiger partial charge in [0.05, 0.1) is 6.33 Å². The Kier molecular flexibility index (Phi) is 2.35. The molecule has 2 N–H and O–H groups in total. The van der Waals surface area contributed by atoms with Crippen molar-refractivity contribution in [1.29, 1.82) is 0 Å². The maximum absolute atomic E-state index is 6.02. The summed E-state index contributed by atoms with van der Waals surface area (Å²) >= 11 is 0. The molecule has 1 heterocycles. The molecule has 2 rings (SSSR count). The smallest absolute Gasteiger partial charge is 0.0948 e. The Balaban J connectivity index is 2.22. The first-order valence-corrected chi connectivity index (χ1v) is 5.32. The molecule has 0 aromatic carbocycles. The average Bonchev–Trinajstić information content (AvgIpc) is 2.62. The molecule has 0 bridgehead atoms. The molecule has 14 heavy (non-hydrogen) atoms. The van der Waals surface area contributed by atoms with E-state index in [1.54, 1.807) is 0 Å². The van der Waals surface area contributed by atoms with Gasteiger partial charge in [-0.15, -0.1) is 0 Å². The summed E-state index contributed by atoms with van der Waals surface area (Å²) in [4.78, 5) is 4.11. The monoisotopic (exact) mass is 193 g/mol. The molecule has 1 aromatic rings. The maximum atomic E-state index is 6.02. The van der Waals surface area contributed by atoms with Crippen LogP contribution in [0.25, 0.3) is 0 Å². The van der Waals surface area contributed by atoms with Gasteiger partial charge in [-0.2, -0.15) is 0 Å². The molecule has 2 atom stereocenters. The van der Waals surface area contributed by atoms with Crippen LogP contribution < -0.4 is 5.73 Å². The van der Waals surface area contributed by atoms with E-state index in [2.05, 4.69) is 23.4 Å². The summed E-state index contributed by atoms with van der Waals surface area (Å²) in [6, 6.07) is 0.865. The van der Waals surface area contributed by atoms with E-state index in [-0.39, 0.29) is 0 Å². The molecule has 0 saturated heterocycles. The minimum atomic E-state index is 0.344. The third kappa shape index (κ3) is 1.69. The molecule has 1 aromatic heterocycles. The molecule has 1 aliphatic carbocycles. The second-order valence-corrected chi connectivity index (χ2v) is 5.05. The topological polar surface area (TPSA) is 43.8 Å². The highest BCUT2D eigenvalue weighted by Gasteiger charge is 2.35. The van der Waals surface area contributed by atoms with Gasteiger partial charge in [-0.25, -0.2) is 4.98 Å². The highest BCUT2D eigenvalue weighted by Crippen LogP contribution is 2.43. The minimum Gasteiger partial charge on any atom is -0.334 e. The number of aromatic nitrogens is 2. The lowest BCUT2D eigenvalue weighted by molar-refractivity contribution is 0.130. The highest BCUT2D eigenvalue weighted by molar-refractivity contribution is 4.94. The summed E-state index contributed by atoms with van der Waals surface area (Å²) in [6.07, 6.45) is 9.23. The Bertz CT molecular complexity index is 289. The molecular formula is C11H19N3. The molecule has 78 valence electrons. The van der Waals surface area contributed by atoms with E-state index in [4.69, 9.17) is 5.73 Å². The van der Waals surface area contributed by atoms with E-state index in [1.165, 1.54) is 6.42 Å². The lowest BCUT2D eigenvalue weighted by Crippen LogP contribution is -2.39. The van der Waals surface area contributed by atoms with Crippen molar-refractivity contribution in [3.63, 3.8) is 0 Å². The van der Waals surface area contributed by atoms with Crippen LogP contribution in [0.4, 0.5) is 0 Å². The van der Waals surface area contributed by atoms with Gasteiger partial charge in [0.15, 0.2) is 0 Å². The summed E-state index contributed by atoms with van der Waals surface area (Å²) in [5.74, 6) is 0. The Morgan fingerprint density at radius 1 is 1.50 bits per heavy atom. The van der Waals surface area contributed by atoms with Crippen molar-refractivity contribution in [3.8, 4) is 0 Å². The van der Waals surface area contributed by atoms with E-state index >= 15 is 0 Å². The van der Waals surface area contributed by atoms with Crippen molar-refractivity contribution >= 4 is 0 Å². The van der Waals surface area contributed by atoms with Crippen LogP contribution in [0.2, 0.25) is 0 Å². The summed E-state index contributed by atoms with van der Waals surface area (Å²) in [7, 11) is 0. The van der Waals surface area contributed by atoms with Crippen LogP contribution in [-0.2, 0) is 0 Å². The molecule has 0 amide bonds. The lowest BCUT2D eigenvalue weighted by Gasteiger charge is -2.41. The van der Waals surface area contributed by atoms with Gasteiger partial charge in [-0.1, -0.05) is 13.8 Å². The van der Waals surface area contributed by atoms with E-state index in [0.29, 0.717) is 17.5 Å². The molecule has 3 nitrogen and oxygen atoms in total.